The highest BCUT2D eigenvalue weighted by atomic mass is 32.2. The minimum atomic E-state index is -3.95. The average Bonchev–Trinajstić information content (AvgIpc) is 2.94. The molecular formula is C15H13N3O4S. The molecule has 3 rings (SSSR count). The number of nitrogens with zero attached hydrogens (tertiary/aromatic N) is 2. The molecule has 2 N–H and O–H groups in total. The number of aromatic nitrogens is 1. The molecule has 0 saturated carbocycles. The molecule has 118 valence electrons. The monoisotopic (exact) mass is 331 g/mol. The van der Waals surface area contributed by atoms with Gasteiger partial charge in [0, 0.05) is 30.3 Å². The van der Waals surface area contributed by atoms with Gasteiger partial charge in [0.2, 0.25) is 0 Å². The van der Waals surface area contributed by atoms with E-state index in [1.54, 1.807) is 24.3 Å². The van der Waals surface area contributed by atoms with Gasteiger partial charge in [0.05, 0.1) is 15.3 Å². The highest BCUT2D eigenvalue weighted by Crippen LogP contribution is 2.27. The number of nitro groups is 1. The fraction of sp³-hybridized carbons (Fsp3) is 0.0667. The van der Waals surface area contributed by atoms with E-state index in [0.717, 1.165) is 15.4 Å². The molecule has 2 aromatic carbocycles. The molecule has 8 heteroatoms. The Balaban J connectivity index is 2.25. The van der Waals surface area contributed by atoms with Crippen LogP contribution in [-0.2, 0) is 16.6 Å². The topological polar surface area (TPSA) is 108 Å². The number of para-hydroxylation sites is 1. The number of non-ortho nitro benzene ring substituents is 1. The Morgan fingerprint density at radius 2 is 1.87 bits per heavy atom. The zero-order valence-electron chi connectivity index (χ0n) is 11.9. The first kappa shape index (κ1) is 15.2. The van der Waals surface area contributed by atoms with E-state index in [9.17, 15) is 18.5 Å². The summed E-state index contributed by atoms with van der Waals surface area (Å²) in [6.45, 7) is 0.192. The molecule has 0 fully saturated rings. The number of hydrogen-bond acceptors (Lipinski definition) is 5. The molecule has 0 aliphatic rings. The van der Waals surface area contributed by atoms with Gasteiger partial charge in [-0.1, -0.05) is 24.3 Å². The highest BCUT2D eigenvalue weighted by Gasteiger charge is 2.22. The quantitative estimate of drug-likeness (QED) is 0.582. The Kier molecular flexibility index (Phi) is 3.63. The lowest BCUT2D eigenvalue weighted by atomic mass is 10.2. The number of nitrogens with two attached hydrogens (primary N) is 1. The molecule has 1 heterocycles. The molecule has 23 heavy (non-hydrogen) atoms. The van der Waals surface area contributed by atoms with Crippen LogP contribution in [-0.4, -0.2) is 17.3 Å². The summed E-state index contributed by atoms with van der Waals surface area (Å²) in [5.41, 5.74) is 6.58. The van der Waals surface area contributed by atoms with Gasteiger partial charge in [0.25, 0.3) is 15.7 Å². The lowest BCUT2D eigenvalue weighted by Gasteiger charge is -2.07. The normalized spacial score (nSPS) is 11.7. The summed E-state index contributed by atoms with van der Waals surface area (Å²) >= 11 is 0. The van der Waals surface area contributed by atoms with Gasteiger partial charge in [0.1, 0.15) is 0 Å². The maximum atomic E-state index is 12.9. The van der Waals surface area contributed by atoms with Crippen LogP contribution in [0.5, 0.6) is 0 Å². The minimum absolute atomic E-state index is 0.143. The van der Waals surface area contributed by atoms with Crippen LogP contribution in [0.3, 0.4) is 0 Å². The van der Waals surface area contributed by atoms with Crippen molar-refractivity contribution in [1.82, 2.24) is 3.97 Å². The van der Waals surface area contributed by atoms with Crippen molar-refractivity contribution in [2.75, 3.05) is 0 Å². The summed E-state index contributed by atoms with van der Waals surface area (Å²) in [5, 5.41) is 11.6. The number of fused-ring (bicyclic) bond motifs is 1. The molecule has 1 aromatic heterocycles. The first-order chi connectivity index (χ1) is 10.9. The van der Waals surface area contributed by atoms with E-state index < -0.39 is 14.9 Å². The number of hydrogen-bond donors (Lipinski definition) is 1. The van der Waals surface area contributed by atoms with Crippen molar-refractivity contribution in [2.45, 2.75) is 11.4 Å². The third-order valence-corrected chi connectivity index (χ3v) is 5.24. The zero-order chi connectivity index (χ0) is 16.6. The molecular weight excluding hydrogens is 318 g/mol. The van der Waals surface area contributed by atoms with Crippen molar-refractivity contribution >= 4 is 26.6 Å². The van der Waals surface area contributed by atoms with Crippen LogP contribution in [0.4, 0.5) is 5.69 Å². The Morgan fingerprint density at radius 3 is 2.57 bits per heavy atom. The Labute approximate surface area is 132 Å². The van der Waals surface area contributed by atoms with E-state index in [1.165, 1.54) is 24.4 Å². The van der Waals surface area contributed by atoms with Crippen molar-refractivity contribution < 1.29 is 13.3 Å². The van der Waals surface area contributed by atoms with Crippen LogP contribution in [0.15, 0.2) is 59.6 Å². The Hall–Kier alpha value is -2.71. The molecule has 0 saturated heterocycles. The highest BCUT2D eigenvalue weighted by molar-refractivity contribution is 7.90. The second-order valence-electron chi connectivity index (χ2n) is 4.93. The summed E-state index contributed by atoms with van der Waals surface area (Å²) in [7, 11) is -3.95. The first-order valence-corrected chi connectivity index (χ1v) is 8.18. The largest absolute Gasteiger partial charge is 0.326 e. The van der Waals surface area contributed by atoms with Gasteiger partial charge in [-0.25, -0.2) is 12.4 Å². The second kappa shape index (κ2) is 5.49. The van der Waals surface area contributed by atoms with Gasteiger partial charge in [-0.3, -0.25) is 10.1 Å². The first-order valence-electron chi connectivity index (χ1n) is 6.74. The lowest BCUT2D eigenvalue weighted by molar-refractivity contribution is -0.385. The van der Waals surface area contributed by atoms with E-state index >= 15 is 0 Å². The van der Waals surface area contributed by atoms with E-state index in [2.05, 4.69) is 0 Å². The summed E-state index contributed by atoms with van der Waals surface area (Å²) in [6, 6.07) is 12.0. The molecule has 0 unspecified atom stereocenters. The minimum Gasteiger partial charge on any atom is -0.326 e. The molecule has 7 nitrogen and oxygen atoms in total. The van der Waals surface area contributed by atoms with Crippen LogP contribution < -0.4 is 5.73 Å². The van der Waals surface area contributed by atoms with Crippen molar-refractivity contribution in [1.29, 1.82) is 0 Å². The van der Waals surface area contributed by atoms with Crippen molar-refractivity contribution in [3.05, 3.63) is 70.4 Å². The van der Waals surface area contributed by atoms with Crippen LogP contribution in [0.1, 0.15) is 5.56 Å². The second-order valence-corrected chi connectivity index (χ2v) is 6.75. The van der Waals surface area contributed by atoms with Crippen molar-refractivity contribution in [3.63, 3.8) is 0 Å². The van der Waals surface area contributed by atoms with Crippen molar-refractivity contribution in [2.24, 2.45) is 5.73 Å². The van der Waals surface area contributed by atoms with E-state index in [-0.39, 0.29) is 17.1 Å². The van der Waals surface area contributed by atoms with E-state index in [0.29, 0.717) is 11.1 Å². The van der Waals surface area contributed by atoms with Gasteiger partial charge in [-0.15, -0.1) is 0 Å². The smallest absolute Gasteiger partial charge is 0.270 e. The summed E-state index contributed by atoms with van der Waals surface area (Å²) < 4.78 is 26.8. The summed E-state index contributed by atoms with van der Waals surface area (Å²) in [5.74, 6) is 0. The third kappa shape index (κ3) is 2.47. The van der Waals surface area contributed by atoms with E-state index in [1.807, 2.05) is 0 Å². The van der Waals surface area contributed by atoms with Gasteiger partial charge in [-0.2, -0.15) is 0 Å². The van der Waals surface area contributed by atoms with Gasteiger partial charge < -0.3 is 5.73 Å². The molecule has 0 amide bonds. The van der Waals surface area contributed by atoms with Crippen LogP contribution >= 0.6 is 0 Å². The molecule has 0 aliphatic heterocycles. The standard InChI is InChI=1S/C15H13N3O4S/c16-9-11-10-17(15-7-2-1-6-14(11)15)23(21,22)13-5-3-4-12(8-13)18(19)20/h1-8,10H,9,16H2. The van der Waals surface area contributed by atoms with Gasteiger partial charge >= 0.3 is 0 Å². The molecule has 0 bridgehead atoms. The molecule has 0 spiro atoms. The summed E-state index contributed by atoms with van der Waals surface area (Å²) in [4.78, 5) is 10.1. The lowest BCUT2D eigenvalue weighted by Crippen LogP contribution is -2.12. The summed E-state index contributed by atoms with van der Waals surface area (Å²) in [6.07, 6.45) is 1.46. The average molecular weight is 331 g/mol. The SMILES string of the molecule is NCc1cn(S(=O)(=O)c2cccc([N+](=O)[O-])c2)c2ccccc12. The maximum absolute atomic E-state index is 12.9. The Bertz CT molecular complexity index is 1010. The van der Waals surface area contributed by atoms with Crippen LogP contribution in [0, 0.1) is 10.1 Å². The molecule has 0 atom stereocenters. The third-order valence-electron chi connectivity index (χ3n) is 3.57. The fourth-order valence-corrected chi connectivity index (χ4v) is 3.88. The number of rotatable bonds is 4. The molecule has 0 radical (unpaired) electrons. The Morgan fingerprint density at radius 1 is 1.13 bits per heavy atom. The van der Waals surface area contributed by atoms with Crippen LogP contribution in [0.2, 0.25) is 0 Å². The maximum Gasteiger partial charge on any atom is 0.270 e. The number of benzene rings is 2. The molecule has 3 aromatic rings. The van der Waals surface area contributed by atoms with Crippen LogP contribution in [0.25, 0.3) is 10.9 Å². The zero-order valence-corrected chi connectivity index (χ0v) is 12.7. The van der Waals surface area contributed by atoms with Gasteiger partial charge in [-0.05, 0) is 17.7 Å². The predicted molar refractivity (Wildman–Crippen MR) is 85.5 cm³/mol. The predicted octanol–water partition coefficient (Wildman–Crippen LogP) is 2.25. The van der Waals surface area contributed by atoms with Gasteiger partial charge in [0.15, 0.2) is 0 Å². The van der Waals surface area contributed by atoms with Crippen molar-refractivity contribution in [3.8, 4) is 0 Å². The fourth-order valence-electron chi connectivity index (χ4n) is 2.45. The molecule has 0 aliphatic carbocycles. The number of nitro benzene ring substituents is 1. The van der Waals surface area contributed by atoms with E-state index in [4.69, 9.17) is 5.73 Å².